The Morgan fingerprint density at radius 1 is 0.722 bits per heavy atom. The number of carbonyl (C=O) groups is 1. The van der Waals surface area contributed by atoms with Crippen molar-refractivity contribution in [1.82, 2.24) is 0 Å². The number of phenols is 3. The van der Waals surface area contributed by atoms with Crippen molar-refractivity contribution in [3.8, 4) is 17.2 Å². The maximum Gasteiger partial charge on any atom is 0.339 e. The highest BCUT2D eigenvalue weighted by Crippen LogP contribution is 2.21. The van der Waals surface area contributed by atoms with Gasteiger partial charge in [-0.15, -0.1) is 0 Å². The maximum absolute atomic E-state index is 10.3. The zero-order valence-corrected chi connectivity index (χ0v) is 9.32. The lowest BCUT2D eigenvalue weighted by Crippen LogP contribution is -1.95. The zero-order chi connectivity index (χ0) is 13.5. The summed E-state index contributed by atoms with van der Waals surface area (Å²) in [4.78, 5) is 10.3. The van der Waals surface area contributed by atoms with Crippen LogP contribution in [0.4, 0.5) is 0 Å². The molecule has 0 radical (unpaired) electrons. The van der Waals surface area contributed by atoms with Crippen LogP contribution in [0.1, 0.15) is 10.4 Å². The van der Waals surface area contributed by atoms with Gasteiger partial charge in [-0.25, -0.2) is 4.79 Å². The van der Waals surface area contributed by atoms with E-state index in [1.54, 1.807) is 24.3 Å². The fourth-order valence-electron chi connectivity index (χ4n) is 1.12. The van der Waals surface area contributed by atoms with E-state index in [0.29, 0.717) is 0 Å². The van der Waals surface area contributed by atoms with Crippen molar-refractivity contribution in [1.29, 1.82) is 0 Å². The second-order valence-electron chi connectivity index (χ2n) is 3.31. The topological polar surface area (TPSA) is 98.0 Å². The second kappa shape index (κ2) is 6.15. The number of rotatable bonds is 1. The van der Waals surface area contributed by atoms with Crippen LogP contribution in [0.15, 0.2) is 48.5 Å². The molecule has 0 amide bonds. The van der Waals surface area contributed by atoms with E-state index in [1.165, 1.54) is 24.3 Å². The Kier molecular flexibility index (Phi) is 4.57. The van der Waals surface area contributed by atoms with E-state index in [0.717, 1.165) is 0 Å². The zero-order valence-electron chi connectivity index (χ0n) is 9.32. The molecule has 0 aliphatic rings. The van der Waals surface area contributed by atoms with Crippen molar-refractivity contribution >= 4 is 5.97 Å². The van der Waals surface area contributed by atoms with Gasteiger partial charge in [0.05, 0.1) is 0 Å². The molecule has 5 nitrogen and oxygen atoms in total. The summed E-state index contributed by atoms with van der Waals surface area (Å²) >= 11 is 0. The number of aromatic hydroxyl groups is 3. The largest absolute Gasteiger partial charge is 0.507 e. The van der Waals surface area contributed by atoms with Gasteiger partial charge >= 0.3 is 5.97 Å². The number of aromatic carboxylic acids is 1. The van der Waals surface area contributed by atoms with Gasteiger partial charge in [-0.05, 0) is 24.3 Å². The molecule has 0 saturated heterocycles. The van der Waals surface area contributed by atoms with Gasteiger partial charge in [0.1, 0.15) is 11.3 Å². The second-order valence-corrected chi connectivity index (χ2v) is 3.31. The summed E-state index contributed by atoms with van der Waals surface area (Å²) in [6.45, 7) is 0. The van der Waals surface area contributed by atoms with Crippen molar-refractivity contribution in [2.45, 2.75) is 0 Å². The summed E-state index contributed by atoms with van der Waals surface area (Å²) in [5.74, 6) is -1.46. The van der Waals surface area contributed by atoms with E-state index in [2.05, 4.69) is 0 Å². The predicted molar refractivity (Wildman–Crippen MR) is 64.8 cm³/mol. The smallest absolute Gasteiger partial charge is 0.339 e. The summed E-state index contributed by atoms with van der Waals surface area (Å²) in [7, 11) is 0. The predicted octanol–water partition coefficient (Wildman–Crippen LogP) is 2.19. The van der Waals surface area contributed by atoms with E-state index < -0.39 is 5.97 Å². The average Bonchev–Trinajstić information content (AvgIpc) is 2.34. The molecule has 0 saturated carbocycles. The van der Waals surface area contributed by atoms with Gasteiger partial charge in [-0.3, -0.25) is 0 Å². The van der Waals surface area contributed by atoms with Gasteiger partial charge in [0.15, 0.2) is 11.5 Å². The third-order valence-corrected chi connectivity index (χ3v) is 2.02. The van der Waals surface area contributed by atoms with Gasteiger partial charge in [0.25, 0.3) is 0 Å². The SMILES string of the molecule is O=C(O)c1ccccc1O.Oc1ccccc1O. The Morgan fingerprint density at radius 2 is 1.11 bits per heavy atom. The Morgan fingerprint density at radius 3 is 1.39 bits per heavy atom. The lowest BCUT2D eigenvalue weighted by Gasteiger charge is -1.95. The maximum atomic E-state index is 10.3. The molecule has 4 N–H and O–H groups in total. The highest BCUT2D eigenvalue weighted by molar-refractivity contribution is 5.90. The Labute approximate surface area is 103 Å². The van der Waals surface area contributed by atoms with Gasteiger partial charge < -0.3 is 20.4 Å². The summed E-state index contributed by atoms with van der Waals surface area (Å²) < 4.78 is 0. The van der Waals surface area contributed by atoms with Crippen LogP contribution >= 0.6 is 0 Å². The van der Waals surface area contributed by atoms with Gasteiger partial charge in [-0.1, -0.05) is 24.3 Å². The molecular formula is C13H12O5. The number of benzene rings is 2. The van der Waals surface area contributed by atoms with Crippen LogP contribution in [-0.4, -0.2) is 26.4 Å². The monoisotopic (exact) mass is 248 g/mol. The number of para-hydroxylation sites is 3. The molecule has 94 valence electrons. The normalized spacial score (nSPS) is 9.11. The molecule has 5 heteroatoms. The van der Waals surface area contributed by atoms with Crippen LogP contribution in [-0.2, 0) is 0 Å². The molecule has 0 spiro atoms. The van der Waals surface area contributed by atoms with E-state index in [1.807, 2.05) is 0 Å². The molecular weight excluding hydrogens is 236 g/mol. The Hall–Kier alpha value is -2.69. The van der Waals surface area contributed by atoms with E-state index >= 15 is 0 Å². The first-order valence-electron chi connectivity index (χ1n) is 5.00. The lowest BCUT2D eigenvalue weighted by molar-refractivity contribution is 0.0693. The van der Waals surface area contributed by atoms with Crippen molar-refractivity contribution in [3.05, 3.63) is 54.1 Å². The molecule has 0 aliphatic carbocycles. The number of carboxylic acid groups (broad SMARTS) is 1. The Bertz CT molecular complexity index is 515. The summed E-state index contributed by atoms with van der Waals surface area (Å²) in [5.41, 5.74) is -0.0671. The molecule has 0 fully saturated rings. The highest BCUT2D eigenvalue weighted by atomic mass is 16.4. The van der Waals surface area contributed by atoms with Crippen LogP contribution in [0.2, 0.25) is 0 Å². The minimum atomic E-state index is -1.11. The summed E-state index contributed by atoms with van der Waals surface area (Å²) in [5, 5.41) is 34.6. The van der Waals surface area contributed by atoms with Crippen molar-refractivity contribution in [2.75, 3.05) is 0 Å². The number of phenolic OH excluding ortho intramolecular Hbond substituents is 2. The van der Waals surface area contributed by atoms with Crippen LogP contribution in [0.3, 0.4) is 0 Å². The number of hydrogen-bond acceptors (Lipinski definition) is 4. The minimum Gasteiger partial charge on any atom is -0.507 e. The lowest BCUT2D eigenvalue weighted by atomic mass is 10.2. The fraction of sp³-hybridized carbons (Fsp3) is 0. The van der Waals surface area contributed by atoms with Crippen LogP contribution < -0.4 is 0 Å². The van der Waals surface area contributed by atoms with Crippen molar-refractivity contribution in [3.63, 3.8) is 0 Å². The Balaban J connectivity index is 0.000000184. The number of hydrogen-bond donors (Lipinski definition) is 4. The van der Waals surface area contributed by atoms with Crippen LogP contribution in [0, 0.1) is 0 Å². The average molecular weight is 248 g/mol. The van der Waals surface area contributed by atoms with Crippen LogP contribution in [0.5, 0.6) is 17.2 Å². The fourth-order valence-corrected chi connectivity index (χ4v) is 1.12. The molecule has 18 heavy (non-hydrogen) atoms. The molecule has 0 atom stereocenters. The molecule has 2 aromatic carbocycles. The van der Waals surface area contributed by atoms with E-state index in [-0.39, 0.29) is 22.8 Å². The molecule has 2 rings (SSSR count). The standard InChI is InChI=1S/C7H6O3.C6H6O2/c8-6-4-2-1-3-5(6)7(9)10;7-5-3-1-2-4-6(5)8/h1-4,8H,(H,9,10);1-4,7-8H. The third kappa shape index (κ3) is 3.71. The first-order valence-corrected chi connectivity index (χ1v) is 5.00. The quantitative estimate of drug-likeness (QED) is 0.580. The molecule has 0 bridgehead atoms. The van der Waals surface area contributed by atoms with Crippen LogP contribution in [0.25, 0.3) is 0 Å². The number of carboxylic acids is 1. The molecule has 2 aromatic rings. The van der Waals surface area contributed by atoms with Gasteiger partial charge in [0.2, 0.25) is 0 Å². The molecule has 0 aliphatic heterocycles. The van der Waals surface area contributed by atoms with Crippen molar-refractivity contribution in [2.24, 2.45) is 0 Å². The van der Waals surface area contributed by atoms with Gasteiger partial charge in [-0.2, -0.15) is 0 Å². The van der Waals surface area contributed by atoms with E-state index in [9.17, 15) is 4.79 Å². The van der Waals surface area contributed by atoms with Gasteiger partial charge in [0, 0.05) is 0 Å². The first-order chi connectivity index (χ1) is 8.52. The summed E-state index contributed by atoms with van der Waals surface area (Å²) in [6.07, 6.45) is 0. The molecule has 0 unspecified atom stereocenters. The minimum absolute atomic E-state index is 0.0671. The first kappa shape index (κ1) is 13.4. The molecule has 0 aromatic heterocycles. The summed E-state index contributed by atoms with van der Waals surface area (Å²) in [6, 6.07) is 12.0. The molecule has 0 heterocycles. The van der Waals surface area contributed by atoms with Crippen molar-refractivity contribution < 1.29 is 25.2 Å². The third-order valence-electron chi connectivity index (χ3n) is 2.02. The highest BCUT2D eigenvalue weighted by Gasteiger charge is 2.05. The van der Waals surface area contributed by atoms with E-state index in [4.69, 9.17) is 20.4 Å².